The first-order valence-corrected chi connectivity index (χ1v) is 10.5. The van der Waals surface area contributed by atoms with Gasteiger partial charge in [-0.2, -0.15) is 5.10 Å². The Labute approximate surface area is 186 Å². The highest BCUT2D eigenvalue weighted by atomic mass is 16.5. The Morgan fingerprint density at radius 3 is 2.59 bits per heavy atom. The molecule has 1 aliphatic rings. The number of methoxy groups -OCH3 is 1. The van der Waals surface area contributed by atoms with Crippen LogP contribution in [-0.2, 0) is 24.4 Å². The number of rotatable bonds is 5. The van der Waals surface area contributed by atoms with Crippen molar-refractivity contribution >= 4 is 5.91 Å². The Kier molecular flexibility index (Phi) is 5.01. The molecule has 0 aliphatic carbocycles. The standard InChI is InChI=1S/C25H24N4O3/c1-16-11-19(9-10-23(16)31-3)20-12-22(18-7-5-4-6-8-18)29(27-20)15-25(30)28-13-21-24(14-28)32-17(2)26-21/h4-12H,13-15H2,1-3H3. The van der Waals surface area contributed by atoms with Gasteiger partial charge in [0.15, 0.2) is 5.89 Å². The molecule has 1 aliphatic heterocycles. The van der Waals surface area contributed by atoms with Gasteiger partial charge in [-0.05, 0) is 42.3 Å². The Balaban J connectivity index is 1.46. The summed E-state index contributed by atoms with van der Waals surface area (Å²) in [5.74, 6) is 2.23. The molecule has 2 aromatic heterocycles. The van der Waals surface area contributed by atoms with E-state index in [9.17, 15) is 4.79 Å². The molecule has 0 saturated carbocycles. The van der Waals surface area contributed by atoms with Crippen molar-refractivity contribution in [2.24, 2.45) is 0 Å². The summed E-state index contributed by atoms with van der Waals surface area (Å²) >= 11 is 0. The fourth-order valence-corrected chi connectivity index (χ4v) is 4.13. The van der Waals surface area contributed by atoms with Crippen molar-refractivity contribution in [3.05, 3.63) is 77.5 Å². The molecule has 0 bridgehead atoms. The van der Waals surface area contributed by atoms with E-state index in [0.717, 1.165) is 45.3 Å². The summed E-state index contributed by atoms with van der Waals surface area (Å²) in [5, 5.41) is 4.81. The second-order valence-corrected chi connectivity index (χ2v) is 7.98. The average Bonchev–Trinajstić information content (AvgIpc) is 3.47. The molecular formula is C25H24N4O3. The highest BCUT2D eigenvalue weighted by Crippen LogP contribution is 2.30. The lowest BCUT2D eigenvalue weighted by atomic mass is 10.1. The summed E-state index contributed by atoms with van der Waals surface area (Å²) in [6.07, 6.45) is 0. The molecule has 0 atom stereocenters. The summed E-state index contributed by atoms with van der Waals surface area (Å²) in [7, 11) is 1.66. The van der Waals surface area contributed by atoms with Crippen LogP contribution in [-0.4, -0.2) is 32.7 Å². The van der Waals surface area contributed by atoms with E-state index < -0.39 is 0 Å². The third kappa shape index (κ3) is 3.66. The van der Waals surface area contributed by atoms with Crippen molar-refractivity contribution in [3.8, 4) is 28.3 Å². The highest BCUT2D eigenvalue weighted by Gasteiger charge is 2.29. The van der Waals surface area contributed by atoms with Gasteiger partial charge in [0, 0.05) is 12.5 Å². The van der Waals surface area contributed by atoms with Crippen LogP contribution in [0, 0.1) is 13.8 Å². The Bertz CT molecular complexity index is 1270. The summed E-state index contributed by atoms with van der Waals surface area (Å²) in [4.78, 5) is 19.2. The number of ether oxygens (including phenoxy) is 1. The minimum atomic E-state index is -0.0198. The fraction of sp³-hybridized carbons (Fsp3) is 0.240. The molecule has 0 radical (unpaired) electrons. The Hall–Kier alpha value is -3.87. The Morgan fingerprint density at radius 2 is 1.88 bits per heavy atom. The lowest BCUT2D eigenvalue weighted by Crippen LogP contribution is -2.30. The van der Waals surface area contributed by atoms with Gasteiger partial charge < -0.3 is 14.1 Å². The lowest BCUT2D eigenvalue weighted by molar-refractivity contribution is -0.132. The maximum absolute atomic E-state index is 13.1. The van der Waals surface area contributed by atoms with Crippen LogP contribution >= 0.6 is 0 Å². The number of aromatic nitrogens is 3. The number of benzene rings is 2. The van der Waals surface area contributed by atoms with Crippen LogP contribution < -0.4 is 4.74 Å². The topological polar surface area (TPSA) is 73.4 Å². The quantitative estimate of drug-likeness (QED) is 0.472. The lowest BCUT2D eigenvalue weighted by Gasteiger charge is -2.16. The van der Waals surface area contributed by atoms with Gasteiger partial charge in [-0.1, -0.05) is 30.3 Å². The van der Waals surface area contributed by atoms with Crippen molar-refractivity contribution in [2.45, 2.75) is 33.5 Å². The number of hydrogen-bond acceptors (Lipinski definition) is 5. The van der Waals surface area contributed by atoms with Gasteiger partial charge in [-0.25, -0.2) is 4.98 Å². The first-order valence-electron chi connectivity index (χ1n) is 10.5. The molecule has 0 unspecified atom stereocenters. The van der Waals surface area contributed by atoms with E-state index in [1.54, 1.807) is 16.7 Å². The second kappa shape index (κ2) is 8.00. The molecule has 2 aromatic carbocycles. The summed E-state index contributed by atoms with van der Waals surface area (Å²) < 4.78 is 12.8. The van der Waals surface area contributed by atoms with E-state index in [1.165, 1.54) is 0 Å². The molecule has 7 heteroatoms. The molecule has 162 valence electrons. The number of amides is 1. The van der Waals surface area contributed by atoms with Crippen LogP contribution in [0.5, 0.6) is 5.75 Å². The predicted octanol–water partition coefficient (Wildman–Crippen LogP) is 4.37. The van der Waals surface area contributed by atoms with Crippen LogP contribution in [0.4, 0.5) is 0 Å². The van der Waals surface area contributed by atoms with Gasteiger partial charge in [0.2, 0.25) is 5.91 Å². The predicted molar refractivity (Wildman–Crippen MR) is 120 cm³/mol. The number of oxazole rings is 1. The molecule has 4 aromatic rings. The van der Waals surface area contributed by atoms with Crippen molar-refractivity contribution in [2.75, 3.05) is 7.11 Å². The summed E-state index contributed by atoms with van der Waals surface area (Å²) in [6, 6.07) is 18.0. The zero-order chi connectivity index (χ0) is 22.2. The minimum Gasteiger partial charge on any atom is -0.496 e. The smallest absolute Gasteiger partial charge is 0.245 e. The van der Waals surface area contributed by atoms with Crippen molar-refractivity contribution < 1.29 is 13.9 Å². The number of fused-ring (bicyclic) bond motifs is 1. The third-order valence-electron chi connectivity index (χ3n) is 5.74. The average molecular weight is 428 g/mol. The zero-order valence-electron chi connectivity index (χ0n) is 18.3. The van der Waals surface area contributed by atoms with Gasteiger partial charge in [-0.3, -0.25) is 9.48 Å². The molecule has 3 heterocycles. The number of nitrogens with zero attached hydrogens (tertiary/aromatic N) is 4. The molecule has 0 saturated heterocycles. The maximum Gasteiger partial charge on any atom is 0.245 e. The van der Waals surface area contributed by atoms with E-state index in [2.05, 4.69) is 11.1 Å². The number of carbonyl (C=O) groups is 1. The molecule has 1 amide bonds. The zero-order valence-corrected chi connectivity index (χ0v) is 18.3. The normalized spacial score (nSPS) is 12.8. The second-order valence-electron chi connectivity index (χ2n) is 7.98. The van der Waals surface area contributed by atoms with Crippen LogP contribution in [0.15, 0.2) is 59.0 Å². The van der Waals surface area contributed by atoms with Crippen molar-refractivity contribution in [1.82, 2.24) is 19.7 Å². The fourth-order valence-electron chi connectivity index (χ4n) is 4.13. The molecule has 0 fully saturated rings. The monoisotopic (exact) mass is 428 g/mol. The van der Waals surface area contributed by atoms with E-state index in [4.69, 9.17) is 14.3 Å². The number of carbonyl (C=O) groups excluding carboxylic acids is 1. The molecule has 5 rings (SSSR count). The van der Waals surface area contributed by atoms with Crippen molar-refractivity contribution in [3.63, 3.8) is 0 Å². The van der Waals surface area contributed by atoms with Crippen LogP contribution in [0.3, 0.4) is 0 Å². The van der Waals surface area contributed by atoms with Gasteiger partial charge in [-0.15, -0.1) is 0 Å². The maximum atomic E-state index is 13.1. The first kappa shape index (κ1) is 20.1. The van der Waals surface area contributed by atoms with Gasteiger partial charge in [0.1, 0.15) is 23.7 Å². The van der Waals surface area contributed by atoms with Gasteiger partial charge in [0.05, 0.1) is 31.6 Å². The molecule has 0 spiro atoms. The van der Waals surface area contributed by atoms with E-state index in [0.29, 0.717) is 19.0 Å². The van der Waals surface area contributed by atoms with E-state index >= 15 is 0 Å². The molecule has 7 nitrogen and oxygen atoms in total. The SMILES string of the molecule is COc1ccc(-c2cc(-c3ccccc3)n(CC(=O)N3Cc4nc(C)oc4C3)n2)cc1C. The Morgan fingerprint density at radius 1 is 1.06 bits per heavy atom. The van der Waals surface area contributed by atoms with Crippen LogP contribution in [0.25, 0.3) is 22.5 Å². The highest BCUT2D eigenvalue weighted by molar-refractivity contribution is 5.78. The van der Waals surface area contributed by atoms with Crippen LogP contribution in [0.2, 0.25) is 0 Å². The number of hydrogen-bond donors (Lipinski definition) is 0. The molecule has 32 heavy (non-hydrogen) atoms. The first-order chi connectivity index (χ1) is 15.5. The molecular weight excluding hydrogens is 404 g/mol. The molecule has 0 N–H and O–H groups in total. The van der Waals surface area contributed by atoms with Crippen LogP contribution in [0.1, 0.15) is 22.9 Å². The summed E-state index contributed by atoms with van der Waals surface area (Å²) in [6.45, 7) is 4.89. The van der Waals surface area contributed by atoms with E-state index in [1.807, 2.05) is 62.4 Å². The third-order valence-corrected chi connectivity index (χ3v) is 5.74. The van der Waals surface area contributed by atoms with Crippen molar-refractivity contribution in [1.29, 1.82) is 0 Å². The summed E-state index contributed by atoms with van der Waals surface area (Å²) in [5.41, 5.74) is 5.57. The largest absolute Gasteiger partial charge is 0.496 e. The van der Waals surface area contributed by atoms with Gasteiger partial charge in [0.25, 0.3) is 0 Å². The number of aryl methyl sites for hydroxylation is 2. The van der Waals surface area contributed by atoms with Gasteiger partial charge >= 0.3 is 0 Å². The minimum absolute atomic E-state index is 0.0198. The van der Waals surface area contributed by atoms with E-state index in [-0.39, 0.29) is 12.5 Å².